The van der Waals surface area contributed by atoms with E-state index in [9.17, 15) is 22.8 Å². The molecule has 234 valence electrons. The predicted molar refractivity (Wildman–Crippen MR) is 158 cm³/mol. The number of benzene rings is 2. The number of aryl methyl sites for hydroxylation is 1. The molecule has 0 spiro atoms. The largest absolute Gasteiger partial charge is 0.496 e. The SMILES string of the molecule is COC(=O)c1ccc([C@H]2CN(CCC(F)(F)F)CCN2Cc2c(OC)cc(C)c3c2ccn3C(=O)OC(C)(C)C)cc1Cl. The van der Waals surface area contributed by atoms with Gasteiger partial charge in [-0.1, -0.05) is 17.7 Å². The summed E-state index contributed by atoms with van der Waals surface area (Å²) in [7, 11) is 2.84. The molecule has 2 aromatic carbocycles. The third-order valence-corrected chi connectivity index (χ3v) is 7.78. The van der Waals surface area contributed by atoms with E-state index in [4.69, 9.17) is 25.8 Å². The van der Waals surface area contributed by atoms with Gasteiger partial charge in [-0.2, -0.15) is 13.2 Å². The van der Waals surface area contributed by atoms with Crippen molar-refractivity contribution in [2.45, 2.75) is 58.5 Å². The molecule has 0 unspecified atom stereocenters. The second-order valence-electron chi connectivity index (χ2n) is 11.7. The molecular formula is C31H37ClF3N3O5. The lowest BCUT2D eigenvalue weighted by Gasteiger charge is -2.42. The Morgan fingerprint density at radius 3 is 2.40 bits per heavy atom. The van der Waals surface area contributed by atoms with Gasteiger partial charge in [0.05, 0.1) is 36.7 Å². The Hall–Kier alpha value is -3.28. The first-order valence-electron chi connectivity index (χ1n) is 13.9. The smallest absolute Gasteiger partial charge is 0.419 e. The number of aromatic nitrogens is 1. The molecule has 0 bridgehead atoms. The summed E-state index contributed by atoms with van der Waals surface area (Å²) < 4.78 is 56.9. The Morgan fingerprint density at radius 1 is 1.07 bits per heavy atom. The van der Waals surface area contributed by atoms with Crippen molar-refractivity contribution in [2.24, 2.45) is 0 Å². The van der Waals surface area contributed by atoms with E-state index in [1.54, 1.807) is 57.2 Å². The number of hydrogen-bond donors (Lipinski definition) is 0. The van der Waals surface area contributed by atoms with E-state index in [-0.39, 0.29) is 23.2 Å². The number of ether oxygens (including phenoxy) is 3. The van der Waals surface area contributed by atoms with E-state index in [1.165, 1.54) is 11.7 Å². The van der Waals surface area contributed by atoms with Gasteiger partial charge in [0.1, 0.15) is 11.4 Å². The molecule has 1 aromatic heterocycles. The van der Waals surface area contributed by atoms with Crippen molar-refractivity contribution in [2.75, 3.05) is 40.4 Å². The minimum absolute atomic E-state index is 0.126. The molecule has 3 aromatic rings. The van der Waals surface area contributed by atoms with Gasteiger partial charge in [-0.05, 0) is 63.1 Å². The van der Waals surface area contributed by atoms with Crippen molar-refractivity contribution in [3.8, 4) is 5.75 Å². The van der Waals surface area contributed by atoms with Crippen LogP contribution in [0.25, 0.3) is 10.9 Å². The number of nitrogens with zero attached hydrogens (tertiary/aromatic N) is 3. The van der Waals surface area contributed by atoms with E-state index in [1.807, 2.05) is 19.1 Å². The van der Waals surface area contributed by atoms with Crippen LogP contribution in [0.15, 0.2) is 36.5 Å². The monoisotopic (exact) mass is 623 g/mol. The summed E-state index contributed by atoms with van der Waals surface area (Å²) in [5.41, 5.74) is 2.62. The summed E-state index contributed by atoms with van der Waals surface area (Å²) in [6, 6.07) is 8.36. The van der Waals surface area contributed by atoms with Gasteiger partial charge in [-0.25, -0.2) is 9.59 Å². The first-order valence-corrected chi connectivity index (χ1v) is 14.3. The molecule has 4 rings (SSSR count). The zero-order valence-electron chi connectivity index (χ0n) is 25.2. The molecule has 12 heteroatoms. The summed E-state index contributed by atoms with van der Waals surface area (Å²) in [4.78, 5) is 29.1. The molecule has 0 aliphatic carbocycles. The van der Waals surface area contributed by atoms with Gasteiger partial charge in [0.2, 0.25) is 0 Å². The molecule has 1 aliphatic rings. The van der Waals surface area contributed by atoms with E-state index in [0.29, 0.717) is 37.4 Å². The molecule has 1 atom stereocenters. The van der Waals surface area contributed by atoms with Crippen LogP contribution >= 0.6 is 11.6 Å². The molecule has 0 N–H and O–H groups in total. The number of piperazine rings is 1. The number of esters is 1. The average Bonchev–Trinajstić information content (AvgIpc) is 3.38. The maximum atomic E-state index is 13.1. The number of hydrogen-bond acceptors (Lipinski definition) is 7. The fraction of sp³-hybridized carbons (Fsp3) is 0.484. The van der Waals surface area contributed by atoms with Gasteiger partial charge in [0.25, 0.3) is 0 Å². The zero-order valence-corrected chi connectivity index (χ0v) is 25.9. The Bertz CT molecular complexity index is 1500. The molecule has 1 fully saturated rings. The Kier molecular flexibility index (Phi) is 9.68. The molecule has 1 saturated heterocycles. The fourth-order valence-electron chi connectivity index (χ4n) is 5.46. The predicted octanol–water partition coefficient (Wildman–Crippen LogP) is 6.99. The Morgan fingerprint density at radius 2 is 1.79 bits per heavy atom. The van der Waals surface area contributed by atoms with E-state index in [0.717, 1.165) is 22.1 Å². The van der Waals surface area contributed by atoms with Gasteiger partial charge < -0.3 is 14.2 Å². The first kappa shape index (κ1) is 32.6. The minimum Gasteiger partial charge on any atom is -0.496 e. The maximum absolute atomic E-state index is 13.1. The molecule has 0 amide bonds. The van der Waals surface area contributed by atoms with Gasteiger partial charge in [0, 0.05) is 55.9 Å². The first-order chi connectivity index (χ1) is 20.1. The van der Waals surface area contributed by atoms with Gasteiger partial charge in [0.15, 0.2) is 0 Å². The number of rotatable bonds is 7. The van der Waals surface area contributed by atoms with E-state index >= 15 is 0 Å². The number of carbonyl (C=O) groups excluding carboxylic acids is 2. The minimum atomic E-state index is -4.26. The van der Waals surface area contributed by atoms with Crippen LogP contribution in [-0.2, 0) is 16.0 Å². The van der Waals surface area contributed by atoms with Crippen LogP contribution in [0.2, 0.25) is 5.02 Å². The number of halogens is 4. The third-order valence-electron chi connectivity index (χ3n) is 7.47. The molecule has 0 saturated carbocycles. The maximum Gasteiger partial charge on any atom is 0.419 e. The lowest BCUT2D eigenvalue weighted by molar-refractivity contribution is -0.139. The van der Waals surface area contributed by atoms with Crippen molar-refractivity contribution in [1.82, 2.24) is 14.4 Å². The lowest BCUT2D eigenvalue weighted by atomic mass is 9.98. The Balaban J connectivity index is 1.74. The van der Waals surface area contributed by atoms with E-state index < -0.39 is 30.3 Å². The van der Waals surface area contributed by atoms with Crippen LogP contribution in [0, 0.1) is 6.92 Å². The van der Waals surface area contributed by atoms with Crippen molar-refractivity contribution < 1.29 is 37.0 Å². The van der Waals surface area contributed by atoms with Crippen molar-refractivity contribution in [3.63, 3.8) is 0 Å². The van der Waals surface area contributed by atoms with Crippen LogP contribution in [0.5, 0.6) is 5.75 Å². The molecule has 8 nitrogen and oxygen atoms in total. The molecule has 2 heterocycles. The molecule has 1 aliphatic heterocycles. The zero-order chi connectivity index (χ0) is 31.7. The van der Waals surface area contributed by atoms with Gasteiger partial charge in [-0.15, -0.1) is 0 Å². The van der Waals surface area contributed by atoms with Crippen molar-refractivity contribution in [1.29, 1.82) is 0 Å². The highest BCUT2D eigenvalue weighted by molar-refractivity contribution is 6.33. The summed E-state index contributed by atoms with van der Waals surface area (Å²) in [5, 5.41) is 1.00. The van der Waals surface area contributed by atoms with Crippen LogP contribution in [0.3, 0.4) is 0 Å². The normalized spacial score (nSPS) is 16.8. The highest BCUT2D eigenvalue weighted by Crippen LogP contribution is 2.37. The third kappa shape index (κ3) is 7.63. The fourth-order valence-corrected chi connectivity index (χ4v) is 5.73. The van der Waals surface area contributed by atoms with Gasteiger partial charge in [-0.3, -0.25) is 14.4 Å². The number of alkyl halides is 3. The lowest BCUT2D eigenvalue weighted by Crippen LogP contribution is -2.48. The summed E-state index contributed by atoms with van der Waals surface area (Å²) in [5.74, 6) is 0.0504. The molecule has 43 heavy (non-hydrogen) atoms. The van der Waals surface area contributed by atoms with Crippen LogP contribution < -0.4 is 4.74 Å². The van der Waals surface area contributed by atoms with Crippen LogP contribution in [0.1, 0.15) is 60.3 Å². The summed E-state index contributed by atoms with van der Waals surface area (Å²) in [6.45, 7) is 8.76. The second kappa shape index (κ2) is 12.8. The number of carbonyl (C=O) groups is 2. The Labute approximate surface area is 254 Å². The summed E-state index contributed by atoms with van der Waals surface area (Å²) >= 11 is 6.46. The average molecular weight is 624 g/mol. The summed E-state index contributed by atoms with van der Waals surface area (Å²) in [6.07, 6.45) is -4.00. The van der Waals surface area contributed by atoms with Crippen molar-refractivity contribution >= 4 is 34.6 Å². The number of methoxy groups -OCH3 is 2. The van der Waals surface area contributed by atoms with Crippen LogP contribution in [0.4, 0.5) is 18.0 Å². The molecular weight excluding hydrogens is 587 g/mol. The standard InChI is InChI=1S/C31H37ClF3N3O5/c1-19-15-26(41-5)23(21-9-11-38(27(19)21)29(40)43-30(2,3)4)17-37-14-13-36(12-10-31(33,34)35)18-25(37)20-7-8-22(24(32)16-20)28(39)42-6/h7-9,11,15-16,25H,10,12-14,17-18H2,1-6H3/t25-/m1/s1. The van der Waals surface area contributed by atoms with E-state index in [2.05, 4.69) is 4.90 Å². The second-order valence-corrected chi connectivity index (χ2v) is 12.1. The highest BCUT2D eigenvalue weighted by atomic mass is 35.5. The number of fused-ring (bicyclic) bond motifs is 1. The van der Waals surface area contributed by atoms with Crippen LogP contribution in [-0.4, -0.2) is 78.6 Å². The topological polar surface area (TPSA) is 73.2 Å². The van der Waals surface area contributed by atoms with Gasteiger partial charge >= 0.3 is 18.2 Å². The quantitative estimate of drug-likeness (QED) is 0.263. The van der Waals surface area contributed by atoms with Crippen molar-refractivity contribution in [3.05, 3.63) is 63.8 Å². The highest BCUT2D eigenvalue weighted by Gasteiger charge is 2.34. The molecule has 0 radical (unpaired) electrons.